The van der Waals surface area contributed by atoms with E-state index in [0.717, 1.165) is 121 Å². The molecule has 7 aromatic rings. The van der Waals surface area contributed by atoms with Gasteiger partial charge in [0.15, 0.2) is 9.66 Å². The number of benzene rings is 3. The molecule has 70 heavy (non-hydrogen) atoms. The Morgan fingerprint density at radius 3 is 1.50 bits per heavy atom. The van der Waals surface area contributed by atoms with Gasteiger partial charge in [0.05, 0.1) is 23.0 Å². The number of carbonyl (C=O) groups is 1. The lowest BCUT2D eigenvalue weighted by molar-refractivity contribution is -0.132. The monoisotopic (exact) mass is 1010 g/mol. The molecule has 12 heteroatoms. The van der Waals surface area contributed by atoms with Crippen molar-refractivity contribution in [3.05, 3.63) is 107 Å². The zero-order valence-electron chi connectivity index (χ0n) is 41.4. The second kappa shape index (κ2) is 27.3. The van der Waals surface area contributed by atoms with Gasteiger partial charge < -0.3 is 19.5 Å². The van der Waals surface area contributed by atoms with Crippen molar-refractivity contribution >= 4 is 84.1 Å². The number of hydrogen-bond donors (Lipinski definition) is 1. The van der Waals surface area contributed by atoms with Crippen LogP contribution in [0.5, 0.6) is 11.5 Å². The van der Waals surface area contributed by atoms with E-state index in [2.05, 4.69) is 118 Å². The number of thiophene rings is 2. The van der Waals surface area contributed by atoms with Crippen molar-refractivity contribution in [3.8, 4) is 47.8 Å². The number of carboxylic acids is 1. The summed E-state index contributed by atoms with van der Waals surface area (Å²) in [6, 6.07) is 32.0. The van der Waals surface area contributed by atoms with E-state index < -0.39 is 5.97 Å². The van der Waals surface area contributed by atoms with Gasteiger partial charge in [-0.05, 0) is 134 Å². The zero-order valence-corrected chi connectivity index (χ0v) is 44.7. The summed E-state index contributed by atoms with van der Waals surface area (Å²) in [4.78, 5) is 30.6. The second-order valence-electron chi connectivity index (χ2n) is 17.9. The van der Waals surface area contributed by atoms with Gasteiger partial charge in [-0.15, -0.1) is 22.7 Å². The van der Waals surface area contributed by atoms with E-state index in [-0.39, 0.29) is 5.57 Å². The summed E-state index contributed by atoms with van der Waals surface area (Å²) in [6.07, 6.45) is 22.2. The van der Waals surface area contributed by atoms with Gasteiger partial charge in [-0.2, -0.15) is 5.26 Å². The van der Waals surface area contributed by atoms with Crippen molar-refractivity contribution in [1.29, 1.82) is 5.26 Å². The van der Waals surface area contributed by atoms with Crippen LogP contribution in [0.3, 0.4) is 0 Å². The van der Waals surface area contributed by atoms with Gasteiger partial charge in [0, 0.05) is 26.8 Å². The molecular weight excluding hydrogens is 945 g/mol. The van der Waals surface area contributed by atoms with Crippen LogP contribution in [0, 0.1) is 11.3 Å². The lowest BCUT2D eigenvalue weighted by atomic mass is 10.0. The highest BCUT2D eigenvalue weighted by molar-refractivity contribution is 7.32. The number of aryl methyl sites for hydroxylation is 2. The molecule has 8 nitrogen and oxygen atoms in total. The number of ether oxygens (including phenoxy) is 2. The summed E-state index contributed by atoms with van der Waals surface area (Å²) in [7, 11) is 0. The Morgan fingerprint density at radius 2 is 1.03 bits per heavy atom. The third kappa shape index (κ3) is 14.4. The first kappa shape index (κ1) is 52.5. The van der Waals surface area contributed by atoms with Gasteiger partial charge >= 0.3 is 5.97 Å². The fourth-order valence-corrected chi connectivity index (χ4v) is 13.0. The minimum Gasteiger partial charge on any atom is -0.494 e. The lowest BCUT2D eigenvalue weighted by Gasteiger charge is -2.26. The van der Waals surface area contributed by atoms with Gasteiger partial charge in [-0.25, -0.2) is 14.8 Å². The topological polar surface area (TPSA) is 109 Å². The van der Waals surface area contributed by atoms with E-state index in [1.807, 2.05) is 17.4 Å². The second-order valence-corrected chi connectivity index (χ2v) is 22.0. The first-order valence-electron chi connectivity index (χ1n) is 25.6. The molecule has 0 aliphatic heterocycles. The molecule has 0 bridgehead atoms. The zero-order chi connectivity index (χ0) is 49.1. The van der Waals surface area contributed by atoms with E-state index in [1.165, 1.54) is 96.1 Å². The number of fused-ring (bicyclic) bond motifs is 1. The van der Waals surface area contributed by atoms with Crippen LogP contribution < -0.4 is 14.4 Å². The third-order valence-corrected chi connectivity index (χ3v) is 17.1. The molecule has 0 radical (unpaired) electrons. The van der Waals surface area contributed by atoms with Crippen LogP contribution >= 0.6 is 45.3 Å². The van der Waals surface area contributed by atoms with Crippen LogP contribution in [0.25, 0.3) is 45.9 Å². The van der Waals surface area contributed by atoms with Crippen LogP contribution in [0.4, 0.5) is 17.1 Å². The quantitative estimate of drug-likeness (QED) is 0.0270. The number of anilines is 3. The molecule has 0 unspecified atom stereocenters. The van der Waals surface area contributed by atoms with Crippen molar-refractivity contribution < 1.29 is 19.4 Å². The first-order chi connectivity index (χ1) is 34.3. The number of nitriles is 1. The van der Waals surface area contributed by atoms with Crippen LogP contribution in [0.2, 0.25) is 0 Å². The van der Waals surface area contributed by atoms with Crippen molar-refractivity contribution in [2.75, 3.05) is 18.1 Å². The van der Waals surface area contributed by atoms with Crippen molar-refractivity contribution in [1.82, 2.24) is 9.97 Å². The van der Waals surface area contributed by atoms with E-state index in [9.17, 15) is 15.2 Å². The predicted molar refractivity (Wildman–Crippen MR) is 298 cm³/mol. The minimum absolute atomic E-state index is 0.264. The van der Waals surface area contributed by atoms with Crippen molar-refractivity contribution in [2.24, 2.45) is 0 Å². The number of unbranched alkanes of at least 4 members (excludes halogenated alkanes) is 12. The molecule has 0 atom stereocenters. The Labute approximate surface area is 431 Å². The minimum atomic E-state index is -1.21. The molecule has 0 saturated heterocycles. The molecule has 0 fully saturated rings. The molecule has 4 heterocycles. The van der Waals surface area contributed by atoms with E-state index in [4.69, 9.17) is 19.4 Å². The number of thiazole rings is 2. The van der Waals surface area contributed by atoms with Gasteiger partial charge in [-0.1, -0.05) is 140 Å². The largest absolute Gasteiger partial charge is 0.494 e. The highest BCUT2D eigenvalue weighted by Crippen LogP contribution is 2.46. The maximum absolute atomic E-state index is 11.7. The Bertz CT molecular complexity index is 2690. The summed E-state index contributed by atoms with van der Waals surface area (Å²) in [5, 5.41) is 21.0. The number of nitrogens with zero attached hydrogens (tertiary/aromatic N) is 4. The predicted octanol–water partition coefficient (Wildman–Crippen LogP) is 18.5. The van der Waals surface area contributed by atoms with E-state index in [1.54, 1.807) is 22.7 Å². The molecule has 0 aliphatic carbocycles. The van der Waals surface area contributed by atoms with Crippen LogP contribution in [0.15, 0.2) is 90.5 Å². The number of aromatic nitrogens is 2. The highest BCUT2D eigenvalue weighted by Gasteiger charge is 2.22. The molecule has 0 amide bonds. The van der Waals surface area contributed by atoms with E-state index >= 15 is 0 Å². The normalized spacial score (nSPS) is 11.6. The van der Waals surface area contributed by atoms with Crippen LogP contribution in [-0.2, 0) is 17.6 Å². The molecule has 3 aromatic carbocycles. The highest BCUT2D eigenvalue weighted by atomic mass is 32.1. The number of hydrogen-bond acceptors (Lipinski definition) is 11. The van der Waals surface area contributed by atoms with Crippen molar-refractivity contribution in [3.63, 3.8) is 0 Å². The molecule has 0 aliphatic rings. The molecule has 0 saturated carbocycles. The molecule has 0 spiro atoms. The standard InChI is InChI=1S/C58H68N4O4S4/c1-5-9-13-15-17-19-21-42-37-50(38-44(40-59)58(63)64)67-52(42)54-60-56-57(69-54)61-55(70-56)53-43(22-20-18-16-14-10-6-2)39-51(68-53)41-23-25-45(26-24-41)62(46-27-31-48(32-28-46)65-35-11-7-3)47-29-33-49(34-30-47)66-36-12-8-4/h23-34,37-39H,5-22,35-36H2,1-4H3,(H,63,64)/b44-38+. The average Bonchev–Trinajstić information content (AvgIpc) is 4.18. The van der Waals surface area contributed by atoms with Gasteiger partial charge in [0.1, 0.15) is 33.2 Å². The fourth-order valence-electron chi connectivity index (χ4n) is 8.41. The Kier molecular flexibility index (Phi) is 20.5. The lowest BCUT2D eigenvalue weighted by Crippen LogP contribution is -2.10. The molecule has 1 N–H and O–H groups in total. The number of rotatable bonds is 30. The molecule has 7 rings (SSSR count). The molecule has 368 valence electrons. The Hall–Kier alpha value is -5.32. The maximum Gasteiger partial charge on any atom is 0.346 e. The van der Waals surface area contributed by atoms with Gasteiger partial charge in [-0.3, -0.25) is 0 Å². The summed E-state index contributed by atoms with van der Waals surface area (Å²) in [6.45, 7) is 10.3. The Morgan fingerprint density at radius 1 is 0.586 bits per heavy atom. The van der Waals surface area contributed by atoms with E-state index in [0.29, 0.717) is 13.2 Å². The molecule has 4 aromatic heterocycles. The smallest absolute Gasteiger partial charge is 0.346 e. The maximum atomic E-state index is 11.7. The summed E-state index contributed by atoms with van der Waals surface area (Å²) in [5.74, 6) is 0.539. The third-order valence-electron chi connectivity index (χ3n) is 12.4. The first-order valence-corrected chi connectivity index (χ1v) is 28.8. The van der Waals surface area contributed by atoms with Crippen LogP contribution in [0.1, 0.15) is 146 Å². The molecular formula is C58H68N4O4S4. The SMILES string of the molecule is CCCCCCCCc1cc(/C=C(\C#N)C(=O)O)sc1-c1nc2sc(-c3sc(-c4ccc(N(c5ccc(OCCCC)cc5)c5ccc(OCCCC)cc5)cc4)cc3CCCCCCCC)nc2s1. The van der Waals surface area contributed by atoms with Gasteiger partial charge in [0.2, 0.25) is 0 Å². The summed E-state index contributed by atoms with van der Waals surface area (Å²) >= 11 is 6.60. The summed E-state index contributed by atoms with van der Waals surface area (Å²) < 4.78 is 12.1. The average molecular weight is 1010 g/mol. The van der Waals surface area contributed by atoms with Crippen molar-refractivity contribution in [2.45, 2.75) is 143 Å². The Balaban J connectivity index is 1.18. The van der Waals surface area contributed by atoms with Crippen LogP contribution in [-0.4, -0.2) is 34.3 Å². The van der Waals surface area contributed by atoms with Gasteiger partial charge in [0.25, 0.3) is 0 Å². The summed E-state index contributed by atoms with van der Waals surface area (Å²) in [5.41, 5.74) is 6.56. The number of carboxylic acid groups (broad SMARTS) is 1. The fraction of sp³-hybridized carbons (Fsp3) is 0.414. The number of aliphatic carboxylic acids is 1.